The van der Waals surface area contributed by atoms with Crippen molar-refractivity contribution in [1.82, 2.24) is 10.3 Å². The van der Waals surface area contributed by atoms with Crippen molar-refractivity contribution >= 4 is 17.8 Å². The van der Waals surface area contributed by atoms with Gasteiger partial charge in [-0.3, -0.25) is 14.8 Å². The highest BCUT2D eigenvalue weighted by Gasteiger charge is 2.24. The first-order chi connectivity index (χ1) is 10.3. The lowest BCUT2D eigenvalue weighted by atomic mass is 10.1. The minimum Gasteiger partial charge on any atom is -0.345 e. The molecule has 0 radical (unpaired) electrons. The standard InChI is InChI=1S/C17H17N3O/c1-2-19-16-11-18-10-9-14(16)17(21)20-15-8-7-12-5-3-4-6-13(12)15/h2-6,9-11,15H,7-8H2,1H3,(H,20,21). The zero-order chi connectivity index (χ0) is 14.7. The van der Waals surface area contributed by atoms with Crippen LogP contribution in [0.25, 0.3) is 0 Å². The largest absolute Gasteiger partial charge is 0.345 e. The number of hydrogen-bond acceptors (Lipinski definition) is 3. The summed E-state index contributed by atoms with van der Waals surface area (Å²) in [7, 11) is 0. The third-order valence-electron chi connectivity index (χ3n) is 3.75. The first-order valence-corrected chi connectivity index (χ1v) is 7.11. The van der Waals surface area contributed by atoms with Gasteiger partial charge in [0.25, 0.3) is 5.91 Å². The van der Waals surface area contributed by atoms with E-state index in [9.17, 15) is 4.79 Å². The molecule has 1 N–H and O–H groups in total. The van der Waals surface area contributed by atoms with Gasteiger partial charge in [0, 0.05) is 12.4 Å². The summed E-state index contributed by atoms with van der Waals surface area (Å²) >= 11 is 0. The molecular weight excluding hydrogens is 262 g/mol. The van der Waals surface area contributed by atoms with E-state index in [1.54, 1.807) is 24.7 Å². The highest BCUT2D eigenvalue weighted by atomic mass is 16.1. The van der Waals surface area contributed by atoms with Gasteiger partial charge in [-0.15, -0.1) is 0 Å². The lowest BCUT2D eigenvalue weighted by Crippen LogP contribution is -2.27. The molecule has 0 saturated carbocycles. The number of aryl methyl sites for hydroxylation is 1. The monoisotopic (exact) mass is 279 g/mol. The van der Waals surface area contributed by atoms with Gasteiger partial charge < -0.3 is 5.32 Å². The number of rotatable bonds is 3. The van der Waals surface area contributed by atoms with E-state index >= 15 is 0 Å². The van der Waals surface area contributed by atoms with Gasteiger partial charge in [-0.25, -0.2) is 0 Å². The topological polar surface area (TPSA) is 54.4 Å². The van der Waals surface area contributed by atoms with Gasteiger partial charge in [-0.1, -0.05) is 24.3 Å². The molecule has 0 spiro atoms. The summed E-state index contributed by atoms with van der Waals surface area (Å²) in [4.78, 5) is 20.7. The Morgan fingerprint density at radius 1 is 1.38 bits per heavy atom. The normalized spacial score (nSPS) is 16.9. The van der Waals surface area contributed by atoms with E-state index in [0.717, 1.165) is 12.8 Å². The highest BCUT2D eigenvalue weighted by molar-refractivity contribution is 5.99. The predicted octanol–water partition coefficient (Wildman–Crippen LogP) is 3.22. The quantitative estimate of drug-likeness (QED) is 0.877. The van der Waals surface area contributed by atoms with Gasteiger partial charge >= 0.3 is 0 Å². The first-order valence-electron chi connectivity index (χ1n) is 7.11. The summed E-state index contributed by atoms with van der Waals surface area (Å²) in [6.45, 7) is 1.82. The Hall–Kier alpha value is -2.49. The average Bonchev–Trinajstić information content (AvgIpc) is 2.91. The zero-order valence-electron chi connectivity index (χ0n) is 11.9. The van der Waals surface area contributed by atoms with Gasteiger partial charge in [0.1, 0.15) is 0 Å². The van der Waals surface area contributed by atoms with Gasteiger partial charge in [-0.2, -0.15) is 0 Å². The lowest BCUT2D eigenvalue weighted by Gasteiger charge is -2.14. The molecule has 0 bridgehead atoms. The fourth-order valence-corrected chi connectivity index (χ4v) is 2.76. The molecule has 1 amide bonds. The minimum atomic E-state index is -0.0975. The molecule has 1 atom stereocenters. The third kappa shape index (κ3) is 2.70. The Labute approximate surface area is 123 Å². The number of hydrogen-bond donors (Lipinski definition) is 1. The maximum atomic E-state index is 12.5. The minimum absolute atomic E-state index is 0.0836. The molecule has 0 fully saturated rings. The molecule has 1 aromatic carbocycles. The Balaban J connectivity index is 1.82. The molecule has 1 heterocycles. The number of nitrogens with zero attached hydrogens (tertiary/aromatic N) is 2. The molecule has 1 aliphatic carbocycles. The smallest absolute Gasteiger partial charge is 0.254 e. The Morgan fingerprint density at radius 3 is 3.10 bits per heavy atom. The van der Waals surface area contributed by atoms with Gasteiger partial charge in [0.05, 0.1) is 23.5 Å². The van der Waals surface area contributed by atoms with Crippen LogP contribution in [-0.4, -0.2) is 17.1 Å². The Morgan fingerprint density at radius 2 is 2.24 bits per heavy atom. The molecule has 0 aliphatic heterocycles. The maximum Gasteiger partial charge on any atom is 0.254 e. The van der Waals surface area contributed by atoms with Gasteiger partial charge in [0.15, 0.2) is 0 Å². The Kier molecular flexibility index (Phi) is 3.77. The van der Waals surface area contributed by atoms with Crippen molar-refractivity contribution in [2.45, 2.75) is 25.8 Å². The van der Waals surface area contributed by atoms with Crippen molar-refractivity contribution in [1.29, 1.82) is 0 Å². The van der Waals surface area contributed by atoms with Crippen molar-refractivity contribution in [3.63, 3.8) is 0 Å². The zero-order valence-corrected chi connectivity index (χ0v) is 11.9. The van der Waals surface area contributed by atoms with E-state index in [-0.39, 0.29) is 11.9 Å². The number of carbonyl (C=O) groups is 1. The first kappa shape index (κ1) is 13.5. The van der Waals surface area contributed by atoms with E-state index in [0.29, 0.717) is 11.3 Å². The predicted molar refractivity (Wildman–Crippen MR) is 83.0 cm³/mol. The number of amides is 1. The second-order valence-electron chi connectivity index (χ2n) is 5.04. The summed E-state index contributed by atoms with van der Waals surface area (Å²) < 4.78 is 0. The summed E-state index contributed by atoms with van der Waals surface area (Å²) in [5, 5.41) is 3.11. The van der Waals surface area contributed by atoms with Crippen molar-refractivity contribution in [2.24, 2.45) is 4.99 Å². The molecule has 1 aliphatic rings. The van der Waals surface area contributed by atoms with Crippen LogP contribution in [0, 0.1) is 0 Å². The van der Waals surface area contributed by atoms with Crippen molar-refractivity contribution in [2.75, 3.05) is 0 Å². The summed E-state index contributed by atoms with van der Waals surface area (Å²) in [5.74, 6) is -0.0975. The van der Waals surface area contributed by atoms with Crippen LogP contribution >= 0.6 is 0 Å². The number of aromatic nitrogens is 1. The van der Waals surface area contributed by atoms with Gasteiger partial charge in [0.2, 0.25) is 0 Å². The highest BCUT2D eigenvalue weighted by Crippen LogP contribution is 2.31. The number of carbonyl (C=O) groups excluding carboxylic acids is 1. The van der Waals surface area contributed by atoms with E-state index in [4.69, 9.17) is 0 Å². The molecule has 2 aromatic rings. The van der Waals surface area contributed by atoms with E-state index in [2.05, 4.69) is 27.4 Å². The van der Waals surface area contributed by atoms with Crippen LogP contribution in [0.2, 0.25) is 0 Å². The molecule has 106 valence electrons. The number of aliphatic imine (C=N–C) groups is 1. The van der Waals surface area contributed by atoms with E-state index in [1.165, 1.54) is 11.1 Å². The van der Waals surface area contributed by atoms with Crippen molar-refractivity contribution in [3.8, 4) is 0 Å². The van der Waals surface area contributed by atoms with E-state index < -0.39 is 0 Å². The SMILES string of the molecule is CC=Nc1cnccc1C(=O)NC1CCc2ccccc21. The second-order valence-corrected chi connectivity index (χ2v) is 5.04. The summed E-state index contributed by atoms with van der Waals surface area (Å²) in [6.07, 6.45) is 6.85. The number of benzene rings is 1. The molecule has 1 aromatic heterocycles. The van der Waals surface area contributed by atoms with Crippen LogP contribution in [-0.2, 0) is 6.42 Å². The van der Waals surface area contributed by atoms with Crippen LogP contribution in [0.5, 0.6) is 0 Å². The second kappa shape index (κ2) is 5.87. The maximum absolute atomic E-state index is 12.5. The number of fused-ring (bicyclic) bond motifs is 1. The molecule has 21 heavy (non-hydrogen) atoms. The third-order valence-corrected chi connectivity index (χ3v) is 3.75. The van der Waals surface area contributed by atoms with Crippen LogP contribution < -0.4 is 5.32 Å². The number of nitrogens with one attached hydrogen (secondary N) is 1. The molecular formula is C17H17N3O. The lowest BCUT2D eigenvalue weighted by molar-refractivity contribution is 0.0937. The van der Waals surface area contributed by atoms with Crippen molar-refractivity contribution < 1.29 is 4.79 Å². The molecule has 0 saturated heterocycles. The molecule has 4 nitrogen and oxygen atoms in total. The fourth-order valence-electron chi connectivity index (χ4n) is 2.76. The Bertz CT molecular complexity index is 694. The molecule has 1 unspecified atom stereocenters. The van der Waals surface area contributed by atoms with Crippen LogP contribution in [0.1, 0.15) is 40.9 Å². The summed E-state index contributed by atoms with van der Waals surface area (Å²) in [5.41, 5.74) is 3.71. The van der Waals surface area contributed by atoms with Crippen LogP contribution in [0.3, 0.4) is 0 Å². The number of pyridine rings is 1. The van der Waals surface area contributed by atoms with Crippen LogP contribution in [0.4, 0.5) is 5.69 Å². The van der Waals surface area contributed by atoms with E-state index in [1.807, 2.05) is 19.1 Å². The summed E-state index contributed by atoms with van der Waals surface area (Å²) in [6, 6.07) is 10.1. The fraction of sp³-hybridized carbons (Fsp3) is 0.235. The molecule has 3 rings (SSSR count). The van der Waals surface area contributed by atoms with Gasteiger partial charge in [-0.05, 0) is 37.0 Å². The van der Waals surface area contributed by atoms with Crippen LogP contribution in [0.15, 0.2) is 47.7 Å². The molecule has 4 heteroatoms. The van der Waals surface area contributed by atoms with Crippen molar-refractivity contribution in [3.05, 3.63) is 59.4 Å². The average molecular weight is 279 g/mol.